The summed E-state index contributed by atoms with van der Waals surface area (Å²) in [6.45, 7) is 11.8. The second-order valence-electron chi connectivity index (χ2n) is 7.29. The Bertz CT molecular complexity index is 322. The summed E-state index contributed by atoms with van der Waals surface area (Å²) >= 11 is 0. The fourth-order valence-electron chi connectivity index (χ4n) is 3.38. The van der Waals surface area contributed by atoms with E-state index < -0.39 is 0 Å². The number of amides is 1. The number of carbonyl (C=O) groups is 1. The lowest BCUT2D eigenvalue weighted by molar-refractivity contribution is -0.126. The molecule has 0 bridgehead atoms. The third kappa shape index (κ3) is 4.19. The number of piperidine rings is 2. The van der Waals surface area contributed by atoms with E-state index in [9.17, 15) is 4.79 Å². The summed E-state index contributed by atoms with van der Waals surface area (Å²) in [7, 11) is 0. The Labute approximate surface area is 123 Å². The summed E-state index contributed by atoms with van der Waals surface area (Å²) in [4.78, 5) is 14.8. The number of likely N-dealkylation sites (tertiary alicyclic amines) is 1. The molecular formula is C16H31N3O. The van der Waals surface area contributed by atoms with E-state index >= 15 is 0 Å². The smallest absolute Gasteiger partial charge is 0.237 e. The van der Waals surface area contributed by atoms with Gasteiger partial charge in [0.25, 0.3) is 0 Å². The molecule has 2 rings (SSSR count). The lowest BCUT2D eigenvalue weighted by atomic mass is 9.77. The first-order valence-electron chi connectivity index (χ1n) is 8.22. The molecule has 0 radical (unpaired) electrons. The van der Waals surface area contributed by atoms with Crippen molar-refractivity contribution < 1.29 is 4.79 Å². The van der Waals surface area contributed by atoms with Gasteiger partial charge in [-0.1, -0.05) is 20.8 Å². The van der Waals surface area contributed by atoms with Crippen molar-refractivity contribution in [1.82, 2.24) is 15.5 Å². The molecule has 4 heteroatoms. The zero-order valence-corrected chi connectivity index (χ0v) is 13.4. The molecule has 2 saturated heterocycles. The lowest BCUT2D eigenvalue weighted by Gasteiger charge is -2.38. The lowest BCUT2D eigenvalue weighted by Crippen LogP contribution is -2.56. The van der Waals surface area contributed by atoms with Crippen LogP contribution in [0.1, 0.15) is 46.5 Å². The number of hydrogen-bond acceptors (Lipinski definition) is 3. The van der Waals surface area contributed by atoms with Gasteiger partial charge in [-0.3, -0.25) is 4.79 Å². The minimum atomic E-state index is -0.0300. The van der Waals surface area contributed by atoms with Crippen molar-refractivity contribution in [2.24, 2.45) is 11.3 Å². The average Bonchev–Trinajstić information content (AvgIpc) is 2.40. The largest absolute Gasteiger partial charge is 0.353 e. The molecule has 0 aliphatic carbocycles. The number of rotatable bonds is 4. The van der Waals surface area contributed by atoms with E-state index in [-0.39, 0.29) is 17.4 Å². The predicted molar refractivity (Wildman–Crippen MR) is 82.7 cm³/mol. The maximum absolute atomic E-state index is 12.3. The molecule has 0 spiro atoms. The molecule has 116 valence electrons. The van der Waals surface area contributed by atoms with Gasteiger partial charge in [0.15, 0.2) is 0 Å². The van der Waals surface area contributed by atoms with E-state index in [0.717, 1.165) is 32.0 Å². The summed E-state index contributed by atoms with van der Waals surface area (Å²) in [6.07, 6.45) is 4.89. The average molecular weight is 281 g/mol. The van der Waals surface area contributed by atoms with Crippen molar-refractivity contribution in [3.8, 4) is 0 Å². The van der Waals surface area contributed by atoms with Crippen LogP contribution >= 0.6 is 0 Å². The van der Waals surface area contributed by atoms with E-state index in [4.69, 9.17) is 0 Å². The molecule has 2 heterocycles. The zero-order valence-electron chi connectivity index (χ0n) is 13.4. The van der Waals surface area contributed by atoms with Crippen molar-refractivity contribution >= 4 is 5.91 Å². The molecule has 0 saturated carbocycles. The van der Waals surface area contributed by atoms with Crippen LogP contribution in [0, 0.1) is 11.3 Å². The van der Waals surface area contributed by atoms with E-state index in [0.29, 0.717) is 0 Å². The molecule has 20 heavy (non-hydrogen) atoms. The third-order valence-electron chi connectivity index (χ3n) is 4.99. The third-order valence-corrected chi connectivity index (χ3v) is 4.99. The highest BCUT2D eigenvalue weighted by molar-refractivity contribution is 5.82. The van der Waals surface area contributed by atoms with Gasteiger partial charge in [-0.15, -0.1) is 0 Å². The van der Waals surface area contributed by atoms with Crippen molar-refractivity contribution in [3.63, 3.8) is 0 Å². The van der Waals surface area contributed by atoms with Gasteiger partial charge in [0, 0.05) is 13.1 Å². The van der Waals surface area contributed by atoms with Crippen LogP contribution in [0.3, 0.4) is 0 Å². The van der Waals surface area contributed by atoms with Gasteiger partial charge < -0.3 is 15.5 Å². The van der Waals surface area contributed by atoms with Gasteiger partial charge in [0.1, 0.15) is 0 Å². The van der Waals surface area contributed by atoms with Crippen LogP contribution in [0.5, 0.6) is 0 Å². The Morgan fingerprint density at radius 2 is 2.05 bits per heavy atom. The van der Waals surface area contributed by atoms with Crippen LogP contribution in [0.4, 0.5) is 0 Å². The molecule has 2 fully saturated rings. The summed E-state index contributed by atoms with van der Waals surface area (Å²) < 4.78 is 0. The highest BCUT2D eigenvalue weighted by atomic mass is 16.2. The number of hydrogen-bond donors (Lipinski definition) is 2. The Balaban J connectivity index is 1.69. The summed E-state index contributed by atoms with van der Waals surface area (Å²) in [5.41, 5.74) is 0.0723. The van der Waals surface area contributed by atoms with Crippen LogP contribution in [0.2, 0.25) is 0 Å². The first-order chi connectivity index (χ1) is 9.49. The van der Waals surface area contributed by atoms with E-state index in [1.807, 2.05) is 0 Å². The standard InChI is InChI=1S/C16H31N3O/c1-13-5-10-19(11-6-13)12-9-18-15(20)14-16(2,3)7-4-8-17-14/h13-14,17H,4-12H2,1-3H3,(H,18,20). The summed E-state index contributed by atoms with van der Waals surface area (Å²) in [6, 6.07) is -0.0300. The van der Waals surface area contributed by atoms with E-state index in [2.05, 4.69) is 36.3 Å². The van der Waals surface area contributed by atoms with Gasteiger partial charge in [-0.25, -0.2) is 0 Å². The molecular weight excluding hydrogens is 250 g/mol. The fraction of sp³-hybridized carbons (Fsp3) is 0.938. The highest BCUT2D eigenvalue weighted by Gasteiger charge is 2.36. The minimum Gasteiger partial charge on any atom is -0.353 e. The maximum atomic E-state index is 12.3. The normalized spacial score (nSPS) is 28.2. The summed E-state index contributed by atoms with van der Waals surface area (Å²) in [5.74, 6) is 1.05. The van der Waals surface area contributed by atoms with Crippen molar-refractivity contribution in [2.45, 2.75) is 52.5 Å². The van der Waals surface area contributed by atoms with Gasteiger partial charge in [-0.05, 0) is 56.7 Å². The molecule has 2 N–H and O–H groups in total. The molecule has 1 unspecified atom stereocenters. The van der Waals surface area contributed by atoms with Gasteiger partial charge in [0.05, 0.1) is 6.04 Å². The Hall–Kier alpha value is -0.610. The van der Waals surface area contributed by atoms with Gasteiger partial charge >= 0.3 is 0 Å². The Morgan fingerprint density at radius 1 is 1.35 bits per heavy atom. The van der Waals surface area contributed by atoms with Gasteiger partial charge in [0.2, 0.25) is 5.91 Å². The quantitative estimate of drug-likeness (QED) is 0.823. The van der Waals surface area contributed by atoms with Crippen LogP contribution in [-0.2, 0) is 4.79 Å². The molecule has 2 aliphatic rings. The second kappa shape index (κ2) is 6.90. The van der Waals surface area contributed by atoms with Crippen molar-refractivity contribution in [2.75, 3.05) is 32.7 Å². The maximum Gasteiger partial charge on any atom is 0.237 e. The summed E-state index contributed by atoms with van der Waals surface area (Å²) in [5, 5.41) is 6.50. The second-order valence-corrected chi connectivity index (χ2v) is 7.29. The minimum absolute atomic E-state index is 0.0300. The number of nitrogens with zero attached hydrogens (tertiary/aromatic N) is 1. The number of carbonyl (C=O) groups excluding carboxylic acids is 1. The van der Waals surface area contributed by atoms with Crippen molar-refractivity contribution in [3.05, 3.63) is 0 Å². The Morgan fingerprint density at radius 3 is 2.70 bits per heavy atom. The SMILES string of the molecule is CC1CCN(CCNC(=O)C2NCCCC2(C)C)CC1. The van der Waals surface area contributed by atoms with Crippen molar-refractivity contribution in [1.29, 1.82) is 0 Å². The first kappa shape index (κ1) is 15.8. The molecule has 1 amide bonds. The van der Waals surface area contributed by atoms with Crippen LogP contribution < -0.4 is 10.6 Å². The van der Waals surface area contributed by atoms with E-state index in [1.165, 1.54) is 32.4 Å². The van der Waals surface area contributed by atoms with E-state index in [1.54, 1.807) is 0 Å². The molecule has 0 aromatic rings. The van der Waals surface area contributed by atoms with Crippen LogP contribution in [0.25, 0.3) is 0 Å². The molecule has 4 nitrogen and oxygen atoms in total. The topological polar surface area (TPSA) is 44.4 Å². The highest BCUT2D eigenvalue weighted by Crippen LogP contribution is 2.30. The fourth-order valence-corrected chi connectivity index (χ4v) is 3.38. The molecule has 0 aromatic heterocycles. The molecule has 0 aromatic carbocycles. The van der Waals surface area contributed by atoms with Crippen LogP contribution in [-0.4, -0.2) is 49.6 Å². The predicted octanol–water partition coefficient (Wildman–Crippen LogP) is 1.61. The zero-order chi connectivity index (χ0) is 14.6. The Kier molecular flexibility index (Phi) is 5.44. The molecule has 2 aliphatic heterocycles. The number of nitrogens with one attached hydrogen (secondary N) is 2. The first-order valence-corrected chi connectivity index (χ1v) is 8.22. The monoisotopic (exact) mass is 281 g/mol. The molecule has 1 atom stereocenters. The van der Waals surface area contributed by atoms with Crippen LogP contribution in [0.15, 0.2) is 0 Å². The van der Waals surface area contributed by atoms with Gasteiger partial charge in [-0.2, -0.15) is 0 Å².